The monoisotopic (exact) mass is 409 g/mol. The number of ether oxygens (including phenoxy) is 4. The van der Waals surface area contributed by atoms with Crippen molar-refractivity contribution in [1.82, 2.24) is 4.90 Å². The van der Waals surface area contributed by atoms with Crippen LogP contribution in [0.1, 0.15) is 22.7 Å². The average Bonchev–Trinajstić information content (AvgIpc) is 3.22. The van der Waals surface area contributed by atoms with Gasteiger partial charge in [0.25, 0.3) is 0 Å². The van der Waals surface area contributed by atoms with Crippen LogP contribution in [-0.2, 0) is 27.3 Å². The molecule has 156 valence electrons. The standard InChI is InChI=1S/C23H23NO6/c1-27-19-12-16-10-11-24(23(26)29-14-15-6-4-3-5-7-15)22(17(16)13-20(19)28-2)18-8-9-21(25)30-18/h3-9,12-13,18,22H,10-11,14H2,1-2H3/t18-,22+/m0/s1. The third kappa shape index (κ3) is 3.83. The highest BCUT2D eigenvalue weighted by atomic mass is 16.6. The van der Waals surface area contributed by atoms with E-state index in [1.54, 1.807) is 25.2 Å². The summed E-state index contributed by atoms with van der Waals surface area (Å²) in [6, 6.07) is 12.7. The Hall–Kier alpha value is -3.48. The lowest BCUT2D eigenvalue weighted by Gasteiger charge is -2.38. The molecule has 0 fully saturated rings. The molecule has 2 heterocycles. The molecular weight excluding hydrogens is 386 g/mol. The number of amides is 1. The molecule has 0 bridgehead atoms. The fourth-order valence-corrected chi connectivity index (χ4v) is 3.89. The summed E-state index contributed by atoms with van der Waals surface area (Å²) in [4.78, 5) is 26.3. The highest BCUT2D eigenvalue weighted by molar-refractivity contribution is 5.84. The van der Waals surface area contributed by atoms with Crippen LogP contribution >= 0.6 is 0 Å². The second-order valence-corrected chi connectivity index (χ2v) is 7.10. The van der Waals surface area contributed by atoms with Crippen LogP contribution in [0, 0.1) is 0 Å². The minimum atomic E-state index is -0.598. The molecule has 0 radical (unpaired) electrons. The van der Waals surface area contributed by atoms with Crippen molar-refractivity contribution in [2.45, 2.75) is 25.2 Å². The van der Waals surface area contributed by atoms with Gasteiger partial charge in [-0.2, -0.15) is 0 Å². The summed E-state index contributed by atoms with van der Waals surface area (Å²) in [6.45, 7) is 0.602. The topological polar surface area (TPSA) is 74.3 Å². The van der Waals surface area contributed by atoms with E-state index < -0.39 is 24.2 Å². The SMILES string of the molecule is COc1cc2c(cc1OC)[C@H]([C@@H]1C=CC(=O)O1)N(C(=O)OCc1ccccc1)CC2. The molecule has 0 aliphatic carbocycles. The third-order valence-corrected chi connectivity index (χ3v) is 5.35. The largest absolute Gasteiger partial charge is 0.493 e. The molecule has 4 rings (SSSR count). The van der Waals surface area contributed by atoms with Gasteiger partial charge >= 0.3 is 12.1 Å². The molecule has 0 N–H and O–H groups in total. The van der Waals surface area contributed by atoms with E-state index in [1.807, 2.05) is 42.5 Å². The van der Waals surface area contributed by atoms with Gasteiger partial charge in [-0.05, 0) is 41.3 Å². The van der Waals surface area contributed by atoms with Crippen LogP contribution in [0.4, 0.5) is 4.79 Å². The number of hydrogen-bond acceptors (Lipinski definition) is 6. The summed E-state index contributed by atoms with van der Waals surface area (Å²) in [7, 11) is 3.14. The maximum atomic E-state index is 13.0. The number of benzene rings is 2. The normalized spacial score (nSPS) is 19.8. The zero-order chi connectivity index (χ0) is 21.1. The summed E-state index contributed by atoms with van der Waals surface area (Å²) in [5.41, 5.74) is 2.76. The van der Waals surface area contributed by atoms with Gasteiger partial charge in [0, 0.05) is 12.6 Å². The average molecular weight is 409 g/mol. The summed E-state index contributed by atoms with van der Waals surface area (Å²) in [6.07, 6.45) is 2.63. The van der Waals surface area contributed by atoms with Gasteiger partial charge < -0.3 is 18.9 Å². The fraction of sp³-hybridized carbons (Fsp3) is 0.304. The lowest BCUT2D eigenvalue weighted by Crippen LogP contribution is -2.45. The maximum absolute atomic E-state index is 13.0. The number of carbonyl (C=O) groups excluding carboxylic acids is 2. The molecule has 30 heavy (non-hydrogen) atoms. The molecule has 2 aromatic rings. The van der Waals surface area contributed by atoms with Crippen molar-refractivity contribution in [1.29, 1.82) is 0 Å². The summed E-state index contributed by atoms with van der Waals surface area (Å²) in [5, 5.41) is 0. The van der Waals surface area contributed by atoms with Gasteiger partial charge in [-0.3, -0.25) is 4.90 Å². The molecule has 0 spiro atoms. The van der Waals surface area contributed by atoms with Crippen LogP contribution in [0.2, 0.25) is 0 Å². The number of fused-ring (bicyclic) bond motifs is 1. The Bertz CT molecular complexity index is 971. The Balaban J connectivity index is 1.64. The van der Waals surface area contributed by atoms with E-state index in [2.05, 4.69) is 0 Å². The van der Waals surface area contributed by atoms with Crippen LogP contribution in [-0.4, -0.2) is 43.8 Å². The summed E-state index contributed by atoms with van der Waals surface area (Å²) >= 11 is 0. The first-order chi connectivity index (χ1) is 14.6. The Labute approximate surface area is 174 Å². The van der Waals surface area contributed by atoms with Crippen LogP contribution < -0.4 is 9.47 Å². The van der Waals surface area contributed by atoms with E-state index in [4.69, 9.17) is 18.9 Å². The van der Waals surface area contributed by atoms with E-state index in [-0.39, 0.29) is 6.61 Å². The highest BCUT2D eigenvalue weighted by Gasteiger charge is 2.40. The Morgan fingerprint density at radius 2 is 1.87 bits per heavy atom. The molecule has 2 atom stereocenters. The van der Waals surface area contributed by atoms with Crippen molar-refractivity contribution in [2.24, 2.45) is 0 Å². The number of carbonyl (C=O) groups is 2. The Kier molecular flexibility index (Phi) is 5.61. The van der Waals surface area contributed by atoms with Gasteiger partial charge in [0.1, 0.15) is 18.8 Å². The van der Waals surface area contributed by atoms with Gasteiger partial charge in [0.2, 0.25) is 0 Å². The molecule has 2 aromatic carbocycles. The molecule has 0 saturated carbocycles. The molecule has 2 aliphatic rings. The lowest BCUT2D eigenvalue weighted by molar-refractivity contribution is -0.141. The van der Waals surface area contributed by atoms with Crippen molar-refractivity contribution >= 4 is 12.1 Å². The molecule has 1 amide bonds. The first-order valence-corrected chi connectivity index (χ1v) is 9.71. The van der Waals surface area contributed by atoms with Gasteiger partial charge in [-0.15, -0.1) is 0 Å². The molecule has 0 saturated heterocycles. The predicted molar refractivity (Wildman–Crippen MR) is 108 cm³/mol. The van der Waals surface area contributed by atoms with Crippen molar-refractivity contribution in [3.8, 4) is 11.5 Å². The van der Waals surface area contributed by atoms with Crippen LogP contribution in [0.25, 0.3) is 0 Å². The number of methoxy groups -OCH3 is 2. The minimum Gasteiger partial charge on any atom is -0.493 e. The van der Waals surface area contributed by atoms with Crippen molar-refractivity contribution in [3.63, 3.8) is 0 Å². The van der Waals surface area contributed by atoms with Crippen molar-refractivity contribution < 1.29 is 28.5 Å². The Morgan fingerprint density at radius 3 is 2.53 bits per heavy atom. The van der Waals surface area contributed by atoms with E-state index >= 15 is 0 Å². The van der Waals surface area contributed by atoms with Gasteiger partial charge in [-0.1, -0.05) is 30.3 Å². The fourth-order valence-electron chi connectivity index (χ4n) is 3.89. The number of esters is 1. The predicted octanol–water partition coefficient (Wildman–Crippen LogP) is 3.42. The summed E-state index contributed by atoms with van der Waals surface area (Å²) in [5.74, 6) is 0.744. The van der Waals surface area contributed by atoms with Crippen LogP contribution in [0.5, 0.6) is 11.5 Å². The zero-order valence-corrected chi connectivity index (χ0v) is 16.9. The van der Waals surface area contributed by atoms with Crippen molar-refractivity contribution in [2.75, 3.05) is 20.8 Å². The number of nitrogens with zero attached hydrogens (tertiary/aromatic N) is 1. The smallest absolute Gasteiger partial charge is 0.410 e. The minimum absolute atomic E-state index is 0.169. The molecule has 0 aromatic heterocycles. The van der Waals surface area contributed by atoms with Crippen LogP contribution in [0.3, 0.4) is 0 Å². The first kappa shape index (κ1) is 19.8. The van der Waals surface area contributed by atoms with E-state index in [1.165, 1.54) is 6.08 Å². The lowest BCUT2D eigenvalue weighted by atomic mass is 9.89. The number of cyclic esters (lactones) is 1. The van der Waals surface area contributed by atoms with Gasteiger partial charge in [-0.25, -0.2) is 9.59 Å². The van der Waals surface area contributed by atoms with Gasteiger partial charge in [0.05, 0.1) is 14.2 Å². The van der Waals surface area contributed by atoms with E-state index in [9.17, 15) is 9.59 Å². The molecule has 7 nitrogen and oxygen atoms in total. The molecule has 2 aliphatic heterocycles. The zero-order valence-electron chi connectivity index (χ0n) is 16.9. The quantitative estimate of drug-likeness (QED) is 0.705. The maximum Gasteiger partial charge on any atom is 0.410 e. The third-order valence-electron chi connectivity index (χ3n) is 5.35. The highest BCUT2D eigenvalue weighted by Crippen LogP contribution is 2.41. The first-order valence-electron chi connectivity index (χ1n) is 9.71. The molecule has 7 heteroatoms. The number of hydrogen-bond donors (Lipinski definition) is 0. The number of rotatable bonds is 5. The second-order valence-electron chi connectivity index (χ2n) is 7.10. The Morgan fingerprint density at radius 1 is 1.13 bits per heavy atom. The van der Waals surface area contributed by atoms with Gasteiger partial charge in [0.15, 0.2) is 11.5 Å². The molecule has 0 unspecified atom stereocenters. The van der Waals surface area contributed by atoms with Crippen molar-refractivity contribution in [3.05, 3.63) is 71.3 Å². The van der Waals surface area contributed by atoms with E-state index in [0.29, 0.717) is 24.5 Å². The summed E-state index contributed by atoms with van der Waals surface area (Å²) < 4.78 is 21.9. The second kappa shape index (κ2) is 8.49. The van der Waals surface area contributed by atoms with Crippen LogP contribution in [0.15, 0.2) is 54.6 Å². The molecular formula is C23H23NO6. The van der Waals surface area contributed by atoms with E-state index in [0.717, 1.165) is 16.7 Å².